The summed E-state index contributed by atoms with van der Waals surface area (Å²) in [7, 11) is 0. The van der Waals surface area contributed by atoms with Crippen LogP contribution in [0.4, 0.5) is 26.0 Å². The normalized spacial score (nSPS) is 13.9. The lowest BCUT2D eigenvalue weighted by atomic mass is 10.0. The molecular weight excluding hydrogens is 394 g/mol. The van der Waals surface area contributed by atoms with E-state index in [9.17, 15) is 13.6 Å². The fourth-order valence-electron chi connectivity index (χ4n) is 3.21. The molecule has 154 valence electrons. The molecule has 0 spiro atoms. The van der Waals surface area contributed by atoms with Gasteiger partial charge in [-0.1, -0.05) is 6.07 Å². The molecule has 1 fully saturated rings. The summed E-state index contributed by atoms with van der Waals surface area (Å²) in [5.74, 6) is -1.72. The summed E-state index contributed by atoms with van der Waals surface area (Å²) in [4.78, 5) is 18.4. The van der Waals surface area contributed by atoms with Crippen LogP contribution >= 0.6 is 0 Å². The third-order valence-electron chi connectivity index (χ3n) is 4.67. The van der Waals surface area contributed by atoms with Crippen molar-refractivity contribution < 1.29 is 18.3 Å². The Kier molecular flexibility index (Phi) is 5.48. The largest absolute Gasteiger partial charge is 0.378 e. The van der Waals surface area contributed by atoms with E-state index >= 15 is 0 Å². The first-order valence-corrected chi connectivity index (χ1v) is 9.20. The Morgan fingerprint density at radius 1 is 1.10 bits per heavy atom. The Morgan fingerprint density at radius 3 is 2.47 bits per heavy atom. The highest BCUT2D eigenvalue weighted by Gasteiger charge is 2.22. The number of carbonyl (C=O) groups is 1. The molecule has 1 aliphatic heterocycles. The van der Waals surface area contributed by atoms with Gasteiger partial charge in [0.1, 0.15) is 17.5 Å². The molecule has 0 radical (unpaired) electrons. The van der Waals surface area contributed by atoms with Gasteiger partial charge in [-0.3, -0.25) is 4.79 Å². The van der Waals surface area contributed by atoms with Crippen LogP contribution in [0, 0.1) is 11.6 Å². The number of aromatic nitrogens is 3. The molecule has 2 aromatic heterocycles. The molecule has 0 saturated carbocycles. The fraction of sp³-hybridized carbons (Fsp3) is 0.200. The number of amides is 1. The third kappa shape index (κ3) is 3.90. The van der Waals surface area contributed by atoms with Crippen molar-refractivity contribution in [3.63, 3.8) is 0 Å². The highest BCUT2D eigenvalue weighted by Crippen LogP contribution is 2.35. The highest BCUT2D eigenvalue weighted by molar-refractivity contribution is 6.01. The number of hydrogen-bond donors (Lipinski definition) is 2. The van der Waals surface area contributed by atoms with Gasteiger partial charge >= 0.3 is 0 Å². The second kappa shape index (κ2) is 8.37. The van der Waals surface area contributed by atoms with Gasteiger partial charge < -0.3 is 20.7 Å². The van der Waals surface area contributed by atoms with Crippen molar-refractivity contribution >= 4 is 23.1 Å². The van der Waals surface area contributed by atoms with E-state index in [4.69, 9.17) is 10.5 Å². The average Bonchev–Trinajstić information content (AvgIpc) is 2.75. The van der Waals surface area contributed by atoms with Gasteiger partial charge in [0.2, 0.25) is 0 Å². The summed E-state index contributed by atoms with van der Waals surface area (Å²) in [6, 6.07) is 7.02. The van der Waals surface area contributed by atoms with Crippen molar-refractivity contribution in [2.75, 3.05) is 36.5 Å². The van der Waals surface area contributed by atoms with Crippen LogP contribution in [-0.2, 0) is 4.74 Å². The van der Waals surface area contributed by atoms with Crippen LogP contribution in [0.15, 0.2) is 42.7 Å². The zero-order valence-corrected chi connectivity index (χ0v) is 15.8. The lowest BCUT2D eigenvalue weighted by Crippen LogP contribution is -2.36. The first-order valence-electron chi connectivity index (χ1n) is 9.20. The van der Waals surface area contributed by atoms with Crippen LogP contribution < -0.4 is 16.0 Å². The number of nitrogens with zero attached hydrogens (tertiary/aromatic N) is 4. The minimum absolute atomic E-state index is 0.0201. The molecule has 1 aliphatic rings. The number of nitrogens with one attached hydrogen (secondary N) is 1. The summed E-state index contributed by atoms with van der Waals surface area (Å²) in [5.41, 5.74) is 5.38. The minimum Gasteiger partial charge on any atom is -0.378 e. The third-order valence-corrected chi connectivity index (χ3v) is 4.67. The molecule has 1 aromatic carbocycles. The zero-order chi connectivity index (χ0) is 21.1. The van der Waals surface area contributed by atoms with Crippen LogP contribution in [-0.4, -0.2) is 47.4 Å². The van der Waals surface area contributed by atoms with E-state index in [1.54, 1.807) is 18.3 Å². The number of morpholine rings is 1. The van der Waals surface area contributed by atoms with Gasteiger partial charge in [-0.2, -0.15) is 5.10 Å². The van der Waals surface area contributed by atoms with Crippen molar-refractivity contribution in [2.45, 2.75) is 0 Å². The Balaban J connectivity index is 1.72. The van der Waals surface area contributed by atoms with Gasteiger partial charge in [0, 0.05) is 18.7 Å². The van der Waals surface area contributed by atoms with Crippen LogP contribution in [0.1, 0.15) is 10.5 Å². The molecule has 0 bridgehead atoms. The summed E-state index contributed by atoms with van der Waals surface area (Å²) >= 11 is 0. The van der Waals surface area contributed by atoms with E-state index in [1.807, 2.05) is 0 Å². The second-order valence-corrected chi connectivity index (χ2v) is 6.57. The predicted octanol–water partition coefficient (Wildman–Crippen LogP) is 2.50. The lowest BCUT2D eigenvalue weighted by Gasteiger charge is -2.27. The lowest BCUT2D eigenvalue weighted by molar-refractivity contribution is 0.0995. The smallest absolute Gasteiger partial charge is 0.271 e. The number of anilines is 3. The van der Waals surface area contributed by atoms with Gasteiger partial charge in [0.05, 0.1) is 42.5 Å². The van der Waals surface area contributed by atoms with Gasteiger partial charge in [-0.15, -0.1) is 5.10 Å². The first-order chi connectivity index (χ1) is 14.5. The summed E-state index contributed by atoms with van der Waals surface area (Å²) in [6.45, 7) is 2.72. The maximum atomic E-state index is 14.4. The van der Waals surface area contributed by atoms with Crippen molar-refractivity contribution in [1.82, 2.24) is 15.2 Å². The average molecular weight is 412 g/mol. The van der Waals surface area contributed by atoms with Gasteiger partial charge in [0.15, 0.2) is 5.69 Å². The molecule has 8 nitrogen and oxygen atoms in total. The topological polar surface area (TPSA) is 106 Å². The summed E-state index contributed by atoms with van der Waals surface area (Å²) in [5, 5.41) is 10.4. The highest BCUT2D eigenvalue weighted by atomic mass is 19.1. The maximum Gasteiger partial charge on any atom is 0.271 e. The Labute approximate surface area is 170 Å². The summed E-state index contributed by atoms with van der Waals surface area (Å²) < 4.78 is 34.1. The molecule has 4 rings (SSSR count). The number of ether oxygens (including phenoxy) is 1. The molecule has 0 unspecified atom stereocenters. The number of primary amides is 1. The second-order valence-electron chi connectivity index (χ2n) is 6.57. The van der Waals surface area contributed by atoms with Gasteiger partial charge in [-0.05, 0) is 24.3 Å². The molecular formula is C20H18F2N6O2. The van der Waals surface area contributed by atoms with E-state index in [2.05, 4.69) is 25.4 Å². The van der Waals surface area contributed by atoms with Gasteiger partial charge in [0.25, 0.3) is 5.91 Å². The Morgan fingerprint density at radius 2 is 1.83 bits per heavy atom. The monoisotopic (exact) mass is 412 g/mol. The number of rotatable bonds is 5. The molecule has 3 N–H and O–H groups in total. The van der Waals surface area contributed by atoms with E-state index in [1.165, 1.54) is 12.3 Å². The van der Waals surface area contributed by atoms with Crippen molar-refractivity contribution in [1.29, 1.82) is 0 Å². The van der Waals surface area contributed by atoms with Crippen molar-refractivity contribution in [3.05, 3.63) is 60.1 Å². The standard InChI is InChI=1S/C20H18F2N6O2/c21-14-2-1-3-15(22)17(14)13-11-25-27-19(20(23)29)18(13)26-12-4-5-16(24-10-12)28-6-8-30-9-7-28/h1-5,10-11H,6-9H2,(H2,23,29)(H,25,26). The predicted molar refractivity (Wildman–Crippen MR) is 106 cm³/mol. The minimum atomic E-state index is -0.888. The van der Waals surface area contributed by atoms with Crippen LogP contribution in [0.3, 0.4) is 0 Å². The molecule has 1 amide bonds. The van der Waals surface area contributed by atoms with E-state index in [-0.39, 0.29) is 22.5 Å². The van der Waals surface area contributed by atoms with Gasteiger partial charge in [-0.25, -0.2) is 13.8 Å². The van der Waals surface area contributed by atoms with E-state index < -0.39 is 17.5 Å². The van der Waals surface area contributed by atoms with E-state index in [0.717, 1.165) is 31.0 Å². The van der Waals surface area contributed by atoms with Crippen LogP contribution in [0.2, 0.25) is 0 Å². The number of benzene rings is 1. The molecule has 3 aromatic rings. The number of hydrogen-bond acceptors (Lipinski definition) is 7. The first kappa shape index (κ1) is 19.6. The Hall–Kier alpha value is -3.66. The maximum absolute atomic E-state index is 14.4. The molecule has 30 heavy (non-hydrogen) atoms. The molecule has 0 atom stereocenters. The summed E-state index contributed by atoms with van der Waals surface area (Å²) in [6.07, 6.45) is 2.73. The molecule has 3 heterocycles. The SMILES string of the molecule is NC(=O)c1nncc(-c2c(F)cccc2F)c1Nc1ccc(N2CCOCC2)nc1. The quantitative estimate of drug-likeness (QED) is 0.663. The van der Waals surface area contributed by atoms with E-state index in [0.29, 0.717) is 18.9 Å². The zero-order valence-electron chi connectivity index (χ0n) is 15.8. The van der Waals surface area contributed by atoms with Crippen molar-refractivity contribution in [2.24, 2.45) is 5.73 Å². The molecule has 10 heteroatoms. The Bertz CT molecular complexity index is 1050. The molecule has 0 aliphatic carbocycles. The number of halogens is 2. The van der Waals surface area contributed by atoms with Crippen LogP contribution in [0.25, 0.3) is 11.1 Å². The number of nitrogens with two attached hydrogens (primary N) is 1. The molecule has 1 saturated heterocycles. The fourth-order valence-corrected chi connectivity index (χ4v) is 3.21. The number of carbonyl (C=O) groups excluding carboxylic acids is 1. The number of pyridine rings is 1. The van der Waals surface area contributed by atoms with Crippen LogP contribution in [0.5, 0.6) is 0 Å². The van der Waals surface area contributed by atoms with Crippen molar-refractivity contribution in [3.8, 4) is 11.1 Å².